The molecule has 2 aromatic carbocycles. The Bertz CT molecular complexity index is 1110. The maximum Gasteiger partial charge on any atom is 0.266 e. The van der Waals surface area contributed by atoms with Crippen molar-refractivity contribution in [3.8, 4) is 23.4 Å². The van der Waals surface area contributed by atoms with Crippen LogP contribution in [0.3, 0.4) is 0 Å². The first-order chi connectivity index (χ1) is 14.1. The highest BCUT2D eigenvalue weighted by atomic mass is 16.1. The number of benzene rings is 2. The number of amides is 1. The predicted molar refractivity (Wildman–Crippen MR) is 111 cm³/mol. The molecule has 3 rings (SSSR count). The van der Waals surface area contributed by atoms with E-state index in [4.69, 9.17) is 5.26 Å². The van der Waals surface area contributed by atoms with Crippen LogP contribution in [0, 0.1) is 29.6 Å². The minimum Gasteiger partial charge on any atom is -0.321 e. The Balaban J connectivity index is 1.94. The number of carbonyl (C=O) groups is 1. The number of nitriles is 2. The van der Waals surface area contributed by atoms with E-state index in [1.54, 1.807) is 23.0 Å². The van der Waals surface area contributed by atoms with E-state index in [9.17, 15) is 10.1 Å². The molecule has 1 aromatic heterocycles. The fourth-order valence-electron chi connectivity index (χ4n) is 2.78. The van der Waals surface area contributed by atoms with Gasteiger partial charge in [0.1, 0.15) is 11.6 Å². The highest BCUT2D eigenvalue weighted by Gasteiger charge is 2.14. The first-order valence-electron chi connectivity index (χ1n) is 9.10. The minimum absolute atomic E-state index is 0.0254. The monoisotopic (exact) mass is 381 g/mol. The summed E-state index contributed by atoms with van der Waals surface area (Å²) < 4.78 is 1.66. The van der Waals surface area contributed by atoms with E-state index in [2.05, 4.69) is 16.5 Å². The summed E-state index contributed by atoms with van der Waals surface area (Å²) in [4.78, 5) is 12.6. The van der Waals surface area contributed by atoms with E-state index in [0.717, 1.165) is 11.1 Å². The van der Waals surface area contributed by atoms with Crippen molar-refractivity contribution >= 4 is 17.7 Å². The van der Waals surface area contributed by atoms with Gasteiger partial charge in [-0.25, -0.2) is 0 Å². The van der Waals surface area contributed by atoms with Crippen LogP contribution in [0.4, 0.5) is 5.69 Å². The number of rotatable bonds is 6. The molecule has 0 aliphatic carbocycles. The topological polar surface area (TPSA) is 94.5 Å². The SMILES string of the molecule is Cc1ccc(NC(=O)/C(C#N)=C/c2cn(CCC#N)nc2-c2ccccc2)cc1. The number of carbonyl (C=O) groups excluding carboxylic acids is 1. The number of hydrogen-bond donors (Lipinski definition) is 1. The van der Waals surface area contributed by atoms with Gasteiger partial charge in [0.15, 0.2) is 0 Å². The van der Waals surface area contributed by atoms with E-state index < -0.39 is 5.91 Å². The third-order valence-electron chi connectivity index (χ3n) is 4.26. The Morgan fingerprint density at radius 1 is 1.14 bits per heavy atom. The Morgan fingerprint density at radius 2 is 1.86 bits per heavy atom. The van der Waals surface area contributed by atoms with Crippen LogP contribution in [0.2, 0.25) is 0 Å². The second-order valence-corrected chi connectivity index (χ2v) is 6.46. The first-order valence-corrected chi connectivity index (χ1v) is 9.10. The molecule has 1 amide bonds. The molecule has 0 aliphatic rings. The second-order valence-electron chi connectivity index (χ2n) is 6.46. The summed E-state index contributed by atoms with van der Waals surface area (Å²) in [6, 6.07) is 20.9. The van der Waals surface area contributed by atoms with E-state index in [1.165, 1.54) is 6.08 Å². The average Bonchev–Trinajstić information content (AvgIpc) is 3.15. The maximum absolute atomic E-state index is 12.6. The first kappa shape index (κ1) is 19.6. The Kier molecular flexibility index (Phi) is 6.19. The Labute approximate surface area is 169 Å². The molecule has 6 nitrogen and oxygen atoms in total. The Hall–Kier alpha value is -4.16. The van der Waals surface area contributed by atoms with Crippen LogP contribution in [0.1, 0.15) is 17.5 Å². The summed E-state index contributed by atoms with van der Waals surface area (Å²) in [5.41, 5.74) is 3.84. The summed E-state index contributed by atoms with van der Waals surface area (Å²) >= 11 is 0. The summed E-state index contributed by atoms with van der Waals surface area (Å²) in [5, 5.41) is 25.7. The molecule has 1 heterocycles. The van der Waals surface area contributed by atoms with Gasteiger partial charge in [-0.3, -0.25) is 9.48 Å². The van der Waals surface area contributed by atoms with Crippen LogP contribution in [0.5, 0.6) is 0 Å². The van der Waals surface area contributed by atoms with E-state index in [1.807, 2.05) is 55.5 Å². The molecule has 29 heavy (non-hydrogen) atoms. The second kappa shape index (κ2) is 9.16. The van der Waals surface area contributed by atoms with Gasteiger partial charge in [0.05, 0.1) is 24.7 Å². The van der Waals surface area contributed by atoms with Crippen molar-refractivity contribution in [3.63, 3.8) is 0 Å². The fraction of sp³-hybridized carbons (Fsp3) is 0.130. The quantitative estimate of drug-likeness (QED) is 0.508. The summed E-state index contributed by atoms with van der Waals surface area (Å²) in [6.07, 6.45) is 3.59. The zero-order valence-corrected chi connectivity index (χ0v) is 16.0. The molecule has 0 bridgehead atoms. The van der Waals surface area contributed by atoms with Gasteiger partial charge in [0.2, 0.25) is 0 Å². The molecule has 0 saturated heterocycles. The minimum atomic E-state index is -0.486. The molecule has 0 radical (unpaired) electrons. The molecule has 1 N–H and O–H groups in total. The predicted octanol–water partition coefficient (Wildman–Crippen LogP) is 4.32. The van der Waals surface area contributed by atoms with Gasteiger partial charge in [-0.1, -0.05) is 48.0 Å². The van der Waals surface area contributed by atoms with Crippen LogP contribution in [0.15, 0.2) is 66.4 Å². The summed E-state index contributed by atoms with van der Waals surface area (Å²) in [5.74, 6) is -0.486. The van der Waals surface area contributed by atoms with Crippen LogP contribution < -0.4 is 5.32 Å². The van der Waals surface area contributed by atoms with E-state index in [0.29, 0.717) is 29.9 Å². The van der Waals surface area contributed by atoms with Crippen molar-refractivity contribution in [3.05, 3.63) is 77.5 Å². The van der Waals surface area contributed by atoms with Crippen molar-refractivity contribution in [2.24, 2.45) is 0 Å². The third kappa shape index (κ3) is 4.97. The van der Waals surface area contributed by atoms with Crippen molar-refractivity contribution in [2.75, 3.05) is 5.32 Å². The van der Waals surface area contributed by atoms with Crippen LogP contribution in [-0.4, -0.2) is 15.7 Å². The lowest BCUT2D eigenvalue weighted by Gasteiger charge is -2.05. The highest BCUT2D eigenvalue weighted by Crippen LogP contribution is 2.24. The van der Waals surface area contributed by atoms with Crippen molar-refractivity contribution in [2.45, 2.75) is 19.9 Å². The molecule has 0 aliphatic heterocycles. The van der Waals surface area contributed by atoms with Crippen LogP contribution in [0.25, 0.3) is 17.3 Å². The summed E-state index contributed by atoms with van der Waals surface area (Å²) in [6.45, 7) is 2.39. The van der Waals surface area contributed by atoms with Gasteiger partial charge in [-0.15, -0.1) is 0 Å². The number of nitrogens with one attached hydrogen (secondary N) is 1. The number of nitrogens with zero attached hydrogens (tertiary/aromatic N) is 4. The van der Waals surface area contributed by atoms with E-state index >= 15 is 0 Å². The maximum atomic E-state index is 12.6. The highest BCUT2D eigenvalue weighted by molar-refractivity contribution is 6.10. The lowest BCUT2D eigenvalue weighted by molar-refractivity contribution is -0.112. The number of aryl methyl sites for hydroxylation is 2. The molecule has 3 aromatic rings. The largest absolute Gasteiger partial charge is 0.321 e. The van der Waals surface area contributed by atoms with Gasteiger partial charge in [0.25, 0.3) is 5.91 Å². The van der Waals surface area contributed by atoms with Crippen LogP contribution in [-0.2, 0) is 11.3 Å². The standard InChI is InChI=1S/C23H19N5O/c1-17-8-10-21(11-9-17)26-23(29)19(15-25)14-20-16-28(13-5-12-24)27-22(20)18-6-3-2-4-7-18/h2-4,6-11,14,16H,5,13H2,1H3,(H,26,29)/b19-14+. The van der Waals surface area contributed by atoms with Gasteiger partial charge >= 0.3 is 0 Å². The lowest BCUT2D eigenvalue weighted by Crippen LogP contribution is -2.13. The van der Waals surface area contributed by atoms with Crippen molar-refractivity contribution in [1.82, 2.24) is 9.78 Å². The third-order valence-corrected chi connectivity index (χ3v) is 4.26. The number of hydrogen-bond acceptors (Lipinski definition) is 4. The zero-order chi connectivity index (χ0) is 20.6. The molecule has 142 valence electrons. The molecular weight excluding hydrogens is 362 g/mol. The smallest absolute Gasteiger partial charge is 0.266 e. The van der Waals surface area contributed by atoms with Gasteiger partial charge in [-0.2, -0.15) is 15.6 Å². The van der Waals surface area contributed by atoms with Gasteiger partial charge in [0, 0.05) is 23.0 Å². The molecule has 6 heteroatoms. The van der Waals surface area contributed by atoms with Crippen molar-refractivity contribution < 1.29 is 4.79 Å². The normalized spacial score (nSPS) is 10.8. The summed E-state index contributed by atoms with van der Waals surface area (Å²) in [7, 11) is 0. The molecule has 0 spiro atoms. The average molecular weight is 381 g/mol. The Morgan fingerprint density at radius 3 is 2.52 bits per heavy atom. The van der Waals surface area contributed by atoms with Crippen LogP contribution >= 0.6 is 0 Å². The molecule has 0 saturated carbocycles. The van der Waals surface area contributed by atoms with Gasteiger partial charge in [-0.05, 0) is 25.1 Å². The van der Waals surface area contributed by atoms with E-state index in [-0.39, 0.29) is 5.57 Å². The molecule has 0 atom stereocenters. The number of anilines is 1. The van der Waals surface area contributed by atoms with Crippen molar-refractivity contribution in [1.29, 1.82) is 10.5 Å². The number of aromatic nitrogens is 2. The zero-order valence-electron chi connectivity index (χ0n) is 16.0. The van der Waals surface area contributed by atoms with Gasteiger partial charge < -0.3 is 5.32 Å². The fourth-order valence-corrected chi connectivity index (χ4v) is 2.78. The molecule has 0 fully saturated rings. The molecular formula is C23H19N5O. The lowest BCUT2D eigenvalue weighted by atomic mass is 10.1. The molecule has 0 unspecified atom stereocenters.